The van der Waals surface area contributed by atoms with E-state index in [2.05, 4.69) is 20.7 Å². The zero-order valence-electron chi connectivity index (χ0n) is 22.3. The lowest BCUT2D eigenvalue weighted by Crippen LogP contribution is -2.38. The average molecular weight is 569 g/mol. The van der Waals surface area contributed by atoms with Gasteiger partial charge in [0.1, 0.15) is 11.5 Å². The van der Waals surface area contributed by atoms with Gasteiger partial charge >= 0.3 is 6.18 Å². The number of nitrogens with zero attached hydrogens (tertiary/aromatic N) is 3. The van der Waals surface area contributed by atoms with Crippen molar-refractivity contribution in [1.29, 1.82) is 0 Å². The summed E-state index contributed by atoms with van der Waals surface area (Å²) in [6.45, 7) is 1.91. The molecule has 1 saturated carbocycles. The summed E-state index contributed by atoms with van der Waals surface area (Å²) in [6, 6.07) is 5.65. The Morgan fingerprint density at radius 2 is 1.90 bits per heavy atom. The lowest BCUT2D eigenvalue weighted by Gasteiger charge is -2.33. The van der Waals surface area contributed by atoms with Gasteiger partial charge in [-0.25, -0.2) is 13.8 Å². The van der Waals surface area contributed by atoms with Crippen LogP contribution in [0.3, 0.4) is 0 Å². The van der Waals surface area contributed by atoms with Crippen LogP contribution < -0.4 is 10.6 Å². The first-order chi connectivity index (χ1) is 18.8. The van der Waals surface area contributed by atoms with E-state index in [9.17, 15) is 31.5 Å². The summed E-state index contributed by atoms with van der Waals surface area (Å²) in [4.78, 5) is 33.2. The van der Waals surface area contributed by atoms with Gasteiger partial charge in [0.25, 0.3) is 5.91 Å². The number of aryl methyl sites for hydroxylation is 1. The molecule has 0 spiro atoms. The van der Waals surface area contributed by atoms with E-state index in [-0.39, 0.29) is 31.6 Å². The summed E-state index contributed by atoms with van der Waals surface area (Å²) in [5.41, 5.74) is 2.16. The molecule has 2 aromatic heterocycles. The standard InChI is InChI=1S/C27H33F5N6O2/c1-3-4-18(34-22(39)9-13-27(30,31)32)17-5-6-19-20(15-17)36-24(35-19)23(16-7-11-26(28,29)12-8-16)37-25(40)21-10-14-33-38(21)2/h5-6,10,14-16,18,23H,3-4,7-9,11-13H2,1-2H3,(H,34,39)(H,35,36)(H,37,40)/t18-,23+/m1/s1. The Kier molecular flexibility index (Phi) is 8.79. The largest absolute Gasteiger partial charge is 0.389 e. The molecule has 2 amide bonds. The van der Waals surface area contributed by atoms with E-state index in [1.165, 1.54) is 10.9 Å². The molecular formula is C27H33F5N6O2. The Morgan fingerprint density at radius 3 is 2.52 bits per heavy atom. The quantitative estimate of drug-likeness (QED) is 0.265. The third-order valence-corrected chi connectivity index (χ3v) is 7.34. The molecule has 3 N–H and O–H groups in total. The minimum absolute atomic E-state index is 0.203. The number of hydrogen-bond donors (Lipinski definition) is 3. The van der Waals surface area contributed by atoms with Crippen LogP contribution in [0.15, 0.2) is 30.5 Å². The molecule has 1 fully saturated rings. The van der Waals surface area contributed by atoms with Crippen LogP contribution in [-0.4, -0.2) is 43.7 Å². The van der Waals surface area contributed by atoms with Crippen LogP contribution in [-0.2, 0) is 11.8 Å². The predicted octanol–water partition coefficient (Wildman–Crippen LogP) is 5.89. The molecule has 0 saturated heterocycles. The lowest BCUT2D eigenvalue weighted by atomic mass is 9.81. The summed E-state index contributed by atoms with van der Waals surface area (Å²) in [7, 11) is 1.63. The first-order valence-corrected chi connectivity index (χ1v) is 13.4. The van der Waals surface area contributed by atoms with Gasteiger partial charge in [-0.3, -0.25) is 14.3 Å². The maximum Gasteiger partial charge on any atom is 0.389 e. The highest BCUT2D eigenvalue weighted by Crippen LogP contribution is 2.41. The van der Waals surface area contributed by atoms with Crippen LogP contribution in [0, 0.1) is 5.92 Å². The summed E-state index contributed by atoms with van der Waals surface area (Å²) in [5, 5.41) is 9.67. The van der Waals surface area contributed by atoms with E-state index < -0.39 is 48.8 Å². The van der Waals surface area contributed by atoms with Crippen molar-refractivity contribution in [2.45, 2.75) is 82.5 Å². The number of amides is 2. The number of aromatic amines is 1. The molecule has 0 aliphatic heterocycles. The number of H-pyrrole nitrogens is 1. The Balaban J connectivity index is 1.59. The van der Waals surface area contributed by atoms with Gasteiger partial charge in [-0.1, -0.05) is 19.4 Å². The van der Waals surface area contributed by atoms with Crippen molar-refractivity contribution in [3.63, 3.8) is 0 Å². The molecule has 2 heterocycles. The molecule has 3 aromatic rings. The van der Waals surface area contributed by atoms with Gasteiger partial charge in [0.2, 0.25) is 11.8 Å². The Bertz CT molecular complexity index is 1320. The Labute approximate surface area is 228 Å². The van der Waals surface area contributed by atoms with Crippen LogP contribution >= 0.6 is 0 Å². The van der Waals surface area contributed by atoms with Gasteiger partial charge in [0.15, 0.2) is 0 Å². The van der Waals surface area contributed by atoms with Crippen LogP contribution in [0.25, 0.3) is 11.0 Å². The number of fused-ring (bicyclic) bond motifs is 1. The number of carbonyl (C=O) groups excluding carboxylic acids is 2. The second-order valence-electron chi connectivity index (χ2n) is 10.4. The van der Waals surface area contributed by atoms with Gasteiger partial charge in [-0.05, 0) is 48.9 Å². The highest BCUT2D eigenvalue weighted by Gasteiger charge is 2.39. The molecule has 2 atom stereocenters. The summed E-state index contributed by atoms with van der Waals surface area (Å²) < 4.78 is 66.9. The summed E-state index contributed by atoms with van der Waals surface area (Å²) >= 11 is 0. The third-order valence-electron chi connectivity index (χ3n) is 7.34. The van der Waals surface area contributed by atoms with Crippen LogP contribution in [0.4, 0.5) is 22.0 Å². The normalized spacial score (nSPS) is 17.5. The van der Waals surface area contributed by atoms with Crippen molar-refractivity contribution in [2.75, 3.05) is 0 Å². The number of carbonyl (C=O) groups is 2. The van der Waals surface area contributed by atoms with Crippen LogP contribution in [0.1, 0.15) is 92.3 Å². The van der Waals surface area contributed by atoms with Crippen LogP contribution in [0.5, 0.6) is 0 Å². The fourth-order valence-electron chi connectivity index (χ4n) is 5.16. The molecule has 4 rings (SSSR count). The van der Waals surface area contributed by atoms with Crippen molar-refractivity contribution in [1.82, 2.24) is 30.4 Å². The lowest BCUT2D eigenvalue weighted by molar-refractivity contribution is -0.144. The number of hydrogen-bond acceptors (Lipinski definition) is 4. The van der Waals surface area contributed by atoms with E-state index in [1.54, 1.807) is 31.3 Å². The van der Waals surface area contributed by atoms with Gasteiger partial charge in [-0.2, -0.15) is 18.3 Å². The zero-order chi connectivity index (χ0) is 29.1. The van der Waals surface area contributed by atoms with Gasteiger partial charge in [0, 0.05) is 32.5 Å². The first-order valence-electron chi connectivity index (χ1n) is 13.4. The molecule has 1 aliphatic carbocycles. The molecular weight excluding hydrogens is 535 g/mol. The molecule has 40 heavy (non-hydrogen) atoms. The maximum absolute atomic E-state index is 13.9. The first kappa shape index (κ1) is 29.5. The van der Waals surface area contributed by atoms with E-state index in [1.807, 2.05) is 6.92 Å². The minimum Gasteiger partial charge on any atom is -0.349 e. The molecule has 0 radical (unpaired) electrons. The SMILES string of the molecule is CCC[C@@H](NC(=O)CCC(F)(F)F)c1ccc2[nH]c([C@@H](NC(=O)c3ccnn3C)C3CCC(F)(F)CC3)nc2c1. The van der Waals surface area contributed by atoms with Crippen molar-refractivity contribution in [2.24, 2.45) is 13.0 Å². The second-order valence-corrected chi connectivity index (χ2v) is 10.4. The molecule has 1 aliphatic rings. The van der Waals surface area contributed by atoms with Gasteiger partial charge in [0.05, 0.1) is 29.5 Å². The number of rotatable bonds is 10. The molecule has 1 aromatic carbocycles. The molecule has 13 heteroatoms. The number of benzene rings is 1. The number of halogens is 5. The van der Waals surface area contributed by atoms with E-state index in [0.29, 0.717) is 41.0 Å². The fraction of sp³-hybridized carbons (Fsp3) is 0.556. The summed E-state index contributed by atoms with van der Waals surface area (Å²) in [6.07, 6.45) is -3.75. The zero-order valence-corrected chi connectivity index (χ0v) is 22.3. The van der Waals surface area contributed by atoms with Crippen LogP contribution in [0.2, 0.25) is 0 Å². The average Bonchev–Trinajstić information content (AvgIpc) is 3.51. The number of nitrogens with one attached hydrogen (secondary N) is 3. The maximum atomic E-state index is 13.9. The summed E-state index contributed by atoms with van der Waals surface area (Å²) in [5.74, 6) is -3.70. The smallest absolute Gasteiger partial charge is 0.349 e. The van der Waals surface area contributed by atoms with E-state index >= 15 is 0 Å². The van der Waals surface area contributed by atoms with Gasteiger partial charge in [-0.15, -0.1) is 0 Å². The van der Waals surface area contributed by atoms with Crippen molar-refractivity contribution >= 4 is 22.8 Å². The highest BCUT2D eigenvalue weighted by atomic mass is 19.4. The minimum atomic E-state index is -4.42. The fourth-order valence-corrected chi connectivity index (χ4v) is 5.16. The van der Waals surface area contributed by atoms with Crippen molar-refractivity contribution < 1.29 is 31.5 Å². The van der Waals surface area contributed by atoms with Crippen molar-refractivity contribution in [3.05, 3.63) is 47.5 Å². The number of imidazole rings is 1. The topological polar surface area (TPSA) is 105 Å². The Hall–Kier alpha value is -3.51. The Morgan fingerprint density at radius 1 is 1.18 bits per heavy atom. The third kappa shape index (κ3) is 7.36. The molecule has 218 valence electrons. The molecule has 0 unspecified atom stereocenters. The highest BCUT2D eigenvalue weighted by molar-refractivity contribution is 5.92. The second kappa shape index (κ2) is 11.9. The monoisotopic (exact) mass is 568 g/mol. The van der Waals surface area contributed by atoms with Crippen molar-refractivity contribution in [3.8, 4) is 0 Å². The predicted molar refractivity (Wildman–Crippen MR) is 137 cm³/mol. The molecule has 8 nitrogen and oxygen atoms in total. The molecule has 0 bridgehead atoms. The number of alkyl halides is 5. The van der Waals surface area contributed by atoms with E-state index in [4.69, 9.17) is 4.98 Å². The van der Waals surface area contributed by atoms with Gasteiger partial charge < -0.3 is 15.6 Å². The van der Waals surface area contributed by atoms with E-state index in [0.717, 1.165) is 0 Å². The number of aromatic nitrogens is 4.